The molecule has 4 heteroatoms. The van der Waals surface area contributed by atoms with Crippen LogP contribution < -0.4 is 4.90 Å². The third-order valence-corrected chi connectivity index (χ3v) is 6.02. The molecule has 158 valence electrons. The van der Waals surface area contributed by atoms with Crippen molar-refractivity contribution in [2.75, 3.05) is 11.4 Å². The number of fused-ring (bicyclic) bond motifs is 1. The van der Waals surface area contributed by atoms with Crippen LogP contribution in [-0.2, 0) is 16.8 Å². The minimum Gasteiger partial charge on any atom is -0.375 e. The molecule has 0 saturated carbocycles. The van der Waals surface area contributed by atoms with Gasteiger partial charge < -0.3 is 10.0 Å². The lowest BCUT2D eigenvalue weighted by atomic mass is 9.87. The van der Waals surface area contributed by atoms with Crippen LogP contribution in [0.25, 0.3) is 0 Å². The first-order valence-electron chi connectivity index (χ1n) is 10.7. The van der Waals surface area contributed by atoms with E-state index >= 15 is 0 Å². The Morgan fingerprint density at radius 3 is 2.26 bits per heavy atom. The smallest absolute Gasteiger partial charge is 0.264 e. The third-order valence-electron chi connectivity index (χ3n) is 6.02. The lowest BCUT2D eigenvalue weighted by Crippen LogP contribution is -2.42. The number of Topliss-reactive ketones (excluding diaryl/α,β-unsaturated/α-hetero) is 1. The number of hydrogen-bond acceptors (Lipinski definition) is 3. The molecule has 0 spiro atoms. The van der Waals surface area contributed by atoms with Crippen molar-refractivity contribution in [3.63, 3.8) is 0 Å². The van der Waals surface area contributed by atoms with Crippen LogP contribution in [0, 0.1) is 0 Å². The zero-order chi connectivity index (χ0) is 22.0. The van der Waals surface area contributed by atoms with Gasteiger partial charge in [0.05, 0.1) is 12.1 Å². The number of carbonyl (C=O) groups excluding carboxylic acids is 2. The number of aliphatic hydroxyl groups is 1. The number of para-hydroxylation sites is 1. The highest BCUT2D eigenvalue weighted by Gasteiger charge is 2.50. The van der Waals surface area contributed by atoms with Gasteiger partial charge in [-0.05, 0) is 29.5 Å². The predicted octanol–water partition coefficient (Wildman–Crippen LogP) is 4.86. The topological polar surface area (TPSA) is 57.6 Å². The first-order valence-corrected chi connectivity index (χ1v) is 10.7. The van der Waals surface area contributed by atoms with Crippen molar-refractivity contribution < 1.29 is 14.7 Å². The number of benzene rings is 3. The molecule has 1 aliphatic rings. The number of anilines is 1. The molecular weight excluding hydrogens is 386 g/mol. The second-order valence-electron chi connectivity index (χ2n) is 8.45. The van der Waals surface area contributed by atoms with Crippen molar-refractivity contribution >= 4 is 17.4 Å². The molecule has 0 fully saturated rings. The van der Waals surface area contributed by atoms with Gasteiger partial charge in [-0.3, -0.25) is 9.59 Å². The van der Waals surface area contributed by atoms with Gasteiger partial charge in [0, 0.05) is 17.7 Å². The van der Waals surface area contributed by atoms with E-state index in [1.165, 1.54) is 0 Å². The van der Waals surface area contributed by atoms with Crippen molar-refractivity contribution in [2.24, 2.45) is 0 Å². The first-order chi connectivity index (χ1) is 14.9. The van der Waals surface area contributed by atoms with E-state index in [0.717, 1.165) is 11.1 Å². The van der Waals surface area contributed by atoms with Gasteiger partial charge in [-0.1, -0.05) is 86.6 Å². The summed E-state index contributed by atoms with van der Waals surface area (Å²) in [5, 5.41) is 11.4. The van der Waals surface area contributed by atoms with Gasteiger partial charge in [-0.2, -0.15) is 0 Å². The minimum atomic E-state index is -1.85. The number of carbonyl (C=O) groups is 2. The maximum Gasteiger partial charge on any atom is 0.264 e. The van der Waals surface area contributed by atoms with Gasteiger partial charge >= 0.3 is 0 Å². The Bertz CT molecular complexity index is 1090. The summed E-state index contributed by atoms with van der Waals surface area (Å²) in [6, 6.07) is 24.5. The van der Waals surface area contributed by atoms with Gasteiger partial charge in [0.25, 0.3) is 5.91 Å². The summed E-state index contributed by atoms with van der Waals surface area (Å²) in [6.07, 6.45) is 0.396. The molecule has 4 nitrogen and oxygen atoms in total. The summed E-state index contributed by atoms with van der Waals surface area (Å²) >= 11 is 0. The summed E-state index contributed by atoms with van der Waals surface area (Å²) in [4.78, 5) is 27.9. The highest BCUT2D eigenvalue weighted by atomic mass is 16.3. The van der Waals surface area contributed by atoms with Gasteiger partial charge in [0.2, 0.25) is 0 Å². The summed E-state index contributed by atoms with van der Waals surface area (Å²) in [6.45, 7) is 4.63. The average molecular weight is 414 g/mol. The number of nitrogens with zero attached hydrogens (tertiary/aromatic N) is 1. The predicted molar refractivity (Wildman–Crippen MR) is 122 cm³/mol. The molecule has 1 aliphatic heterocycles. The van der Waals surface area contributed by atoms with Crippen LogP contribution in [0.15, 0.2) is 78.9 Å². The second-order valence-corrected chi connectivity index (χ2v) is 8.45. The van der Waals surface area contributed by atoms with Crippen LogP contribution in [-0.4, -0.2) is 23.3 Å². The van der Waals surface area contributed by atoms with Crippen LogP contribution in [0.2, 0.25) is 0 Å². The number of ketones is 1. The first kappa shape index (κ1) is 21.0. The molecule has 1 heterocycles. The van der Waals surface area contributed by atoms with Crippen molar-refractivity contribution in [2.45, 2.75) is 38.2 Å². The molecule has 0 aromatic heterocycles. The van der Waals surface area contributed by atoms with Crippen LogP contribution >= 0.6 is 0 Å². The van der Waals surface area contributed by atoms with Gasteiger partial charge in [0.1, 0.15) is 0 Å². The Kier molecular flexibility index (Phi) is 5.75. The van der Waals surface area contributed by atoms with E-state index in [9.17, 15) is 14.7 Å². The van der Waals surface area contributed by atoms with Crippen LogP contribution in [0.5, 0.6) is 0 Å². The molecule has 0 bridgehead atoms. The molecule has 1 N–H and O–H groups in total. The van der Waals surface area contributed by atoms with Gasteiger partial charge in [-0.25, -0.2) is 0 Å². The van der Waals surface area contributed by atoms with E-state index in [1.54, 1.807) is 29.2 Å². The quantitative estimate of drug-likeness (QED) is 0.563. The summed E-state index contributed by atoms with van der Waals surface area (Å²) in [5.41, 5.74) is 2.09. The Morgan fingerprint density at radius 2 is 1.58 bits per heavy atom. The van der Waals surface area contributed by atoms with E-state index < -0.39 is 11.5 Å². The Balaban J connectivity index is 1.58. The van der Waals surface area contributed by atoms with E-state index in [1.807, 2.05) is 54.6 Å². The van der Waals surface area contributed by atoms with Crippen molar-refractivity contribution in [1.82, 2.24) is 0 Å². The molecule has 4 rings (SSSR count). The average Bonchev–Trinajstić information content (AvgIpc) is 3.00. The fraction of sp³-hybridized carbons (Fsp3) is 0.259. The minimum absolute atomic E-state index is 0.245. The molecule has 0 saturated heterocycles. The Hall–Kier alpha value is -3.24. The number of rotatable bonds is 7. The largest absolute Gasteiger partial charge is 0.375 e. The lowest BCUT2D eigenvalue weighted by molar-refractivity contribution is -0.135. The van der Waals surface area contributed by atoms with Crippen molar-refractivity contribution in [1.29, 1.82) is 0 Å². The fourth-order valence-corrected chi connectivity index (χ4v) is 4.17. The van der Waals surface area contributed by atoms with E-state index in [2.05, 4.69) is 13.8 Å². The molecule has 1 atom stereocenters. The molecule has 0 radical (unpaired) electrons. The van der Waals surface area contributed by atoms with Crippen LogP contribution in [0.4, 0.5) is 5.69 Å². The third kappa shape index (κ3) is 4.04. The zero-order valence-corrected chi connectivity index (χ0v) is 17.9. The highest BCUT2D eigenvalue weighted by molar-refractivity contribution is 6.10. The molecule has 3 aromatic carbocycles. The van der Waals surface area contributed by atoms with Crippen molar-refractivity contribution in [3.05, 3.63) is 101 Å². The molecule has 1 unspecified atom stereocenters. The van der Waals surface area contributed by atoms with E-state index in [4.69, 9.17) is 0 Å². The zero-order valence-electron chi connectivity index (χ0n) is 17.9. The molecule has 31 heavy (non-hydrogen) atoms. The van der Waals surface area contributed by atoms with E-state index in [0.29, 0.717) is 35.7 Å². The molecule has 1 amide bonds. The monoisotopic (exact) mass is 413 g/mol. The van der Waals surface area contributed by atoms with Crippen LogP contribution in [0.1, 0.15) is 53.2 Å². The fourth-order valence-electron chi connectivity index (χ4n) is 4.17. The van der Waals surface area contributed by atoms with Gasteiger partial charge in [-0.15, -0.1) is 0 Å². The Morgan fingerprint density at radius 1 is 0.935 bits per heavy atom. The summed E-state index contributed by atoms with van der Waals surface area (Å²) in [7, 11) is 0. The highest BCUT2D eigenvalue weighted by Crippen LogP contribution is 2.42. The number of amides is 1. The van der Waals surface area contributed by atoms with Crippen LogP contribution in [0.3, 0.4) is 0 Å². The normalized spacial score (nSPS) is 17.8. The summed E-state index contributed by atoms with van der Waals surface area (Å²) in [5.74, 6) is -0.308. The van der Waals surface area contributed by atoms with E-state index in [-0.39, 0.29) is 12.2 Å². The molecule has 0 aliphatic carbocycles. The molecule has 3 aromatic rings. The number of hydrogen-bond donors (Lipinski definition) is 1. The van der Waals surface area contributed by atoms with Crippen molar-refractivity contribution in [3.8, 4) is 0 Å². The second kappa shape index (κ2) is 8.48. The maximum absolute atomic E-state index is 13.3. The SMILES string of the molecule is CC(C)c1ccc(C(=O)CC2(O)C(=O)N(CCc3ccccc3)c3ccccc32)cc1. The maximum atomic E-state index is 13.3. The molecular formula is C27H27NO3. The lowest BCUT2D eigenvalue weighted by Gasteiger charge is -2.23. The Labute approximate surface area is 183 Å². The standard InChI is InChI=1S/C27H27NO3/c1-19(2)21-12-14-22(15-13-21)25(29)18-27(31)23-10-6-7-11-24(23)28(26(27)30)17-16-20-8-4-3-5-9-20/h3-15,19,31H,16-18H2,1-2H3. The summed E-state index contributed by atoms with van der Waals surface area (Å²) < 4.78 is 0. The van der Waals surface area contributed by atoms with Gasteiger partial charge in [0.15, 0.2) is 11.4 Å².